The molecule has 0 spiro atoms. The van der Waals surface area contributed by atoms with E-state index < -0.39 is 42.2 Å². The molecule has 4 unspecified atom stereocenters. The fourth-order valence-electron chi connectivity index (χ4n) is 1.81. The topological polar surface area (TPSA) is 154 Å². The third-order valence-corrected chi connectivity index (χ3v) is 3.17. The minimum absolute atomic E-state index is 0.144. The first-order valence-corrected chi connectivity index (χ1v) is 6.44. The Balaban J connectivity index is 0.000000224. The number of non-ortho nitro benzene ring substituents is 1. The van der Waals surface area contributed by atoms with Crippen molar-refractivity contribution in [3.05, 3.63) is 39.9 Å². The van der Waals surface area contributed by atoms with Gasteiger partial charge in [0.05, 0.1) is 18.1 Å². The zero-order valence-electron chi connectivity index (χ0n) is 11.9. The molecule has 9 nitrogen and oxygen atoms in total. The molecule has 1 aromatic carbocycles. The van der Waals surface area contributed by atoms with E-state index >= 15 is 0 Å². The van der Waals surface area contributed by atoms with Gasteiger partial charge in [-0.1, -0.05) is 17.7 Å². The monoisotopic (exact) mass is 317 g/mol. The summed E-state index contributed by atoms with van der Waals surface area (Å²) in [6, 6.07) is 6.43. The molecule has 1 fully saturated rings. The predicted octanol–water partition coefficient (Wildman–Crippen LogP) is -1.32. The first kappa shape index (κ1) is 18.4. The summed E-state index contributed by atoms with van der Waals surface area (Å²) in [4.78, 5) is 9.71. The first-order valence-electron chi connectivity index (χ1n) is 6.44. The SMILES string of the molecule is Cc1ccc([N+](=O)[O-])cc1.OCC1OC(O)(CO)C(O)C1O. The standard InChI is InChI=1S/C7H7NO2.C6H12O6/c1-6-2-4-7(5-3-6)8(9)10;7-1-3-4(9)5(10)6(11,2-8)12-3/h2-5H,1H3;3-5,7-11H,1-2H2. The Hall–Kier alpha value is -1.62. The lowest BCUT2D eigenvalue weighted by Crippen LogP contribution is -2.46. The zero-order valence-corrected chi connectivity index (χ0v) is 11.9. The molecule has 22 heavy (non-hydrogen) atoms. The smallest absolute Gasteiger partial charge is 0.269 e. The van der Waals surface area contributed by atoms with Crippen LogP contribution in [-0.2, 0) is 4.74 Å². The van der Waals surface area contributed by atoms with Gasteiger partial charge in [0.15, 0.2) is 0 Å². The molecule has 1 aliphatic heterocycles. The van der Waals surface area contributed by atoms with Crippen molar-refractivity contribution in [3.63, 3.8) is 0 Å². The van der Waals surface area contributed by atoms with Crippen molar-refractivity contribution in [1.82, 2.24) is 0 Å². The third kappa shape index (κ3) is 4.19. The lowest BCUT2D eigenvalue weighted by Gasteiger charge is -2.22. The number of aliphatic hydroxyl groups excluding tert-OH is 4. The van der Waals surface area contributed by atoms with Crippen LogP contribution in [0.5, 0.6) is 0 Å². The number of nitro groups is 1. The average molecular weight is 317 g/mol. The number of nitrogens with zero attached hydrogens (tertiary/aromatic N) is 1. The van der Waals surface area contributed by atoms with Crippen LogP contribution >= 0.6 is 0 Å². The van der Waals surface area contributed by atoms with Crippen LogP contribution in [0.2, 0.25) is 0 Å². The summed E-state index contributed by atoms with van der Waals surface area (Å²) in [5, 5.41) is 54.8. The summed E-state index contributed by atoms with van der Waals surface area (Å²) in [5.74, 6) is -2.16. The number of hydrogen-bond acceptors (Lipinski definition) is 8. The van der Waals surface area contributed by atoms with Gasteiger partial charge in [-0.05, 0) is 6.92 Å². The summed E-state index contributed by atoms with van der Waals surface area (Å²) in [5.41, 5.74) is 1.18. The largest absolute Gasteiger partial charge is 0.394 e. The van der Waals surface area contributed by atoms with E-state index in [-0.39, 0.29) is 5.69 Å². The van der Waals surface area contributed by atoms with Crippen molar-refractivity contribution < 1.29 is 35.2 Å². The second-order valence-corrected chi connectivity index (χ2v) is 4.87. The molecular formula is C13H19NO8. The van der Waals surface area contributed by atoms with Crippen LogP contribution in [0.1, 0.15) is 5.56 Å². The van der Waals surface area contributed by atoms with E-state index in [1.165, 1.54) is 12.1 Å². The molecule has 0 radical (unpaired) electrons. The number of nitro benzene ring substituents is 1. The minimum Gasteiger partial charge on any atom is -0.394 e. The van der Waals surface area contributed by atoms with Gasteiger partial charge < -0.3 is 30.3 Å². The highest BCUT2D eigenvalue weighted by molar-refractivity contribution is 5.31. The molecule has 124 valence electrons. The van der Waals surface area contributed by atoms with Gasteiger partial charge in [0.1, 0.15) is 18.3 Å². The van der Waals surface area contributed by atoms with Gasteiger partial charge in [0.25, 0.3) is 5.69 Å². The summed E-state index contributed by atoms with van der Waals surface area (Å²) in [7, 11) is 0. The van der Waals surface area contributed by atoms with Crippen LogP contribution in [-0.4, -0.2) is 67.8 Å². The van der Waals surface area contributed by atoms with Crippen molar-refractivity contribution in [2.45, 2.75) is 31.0 Å². The highest BCUT2D eigenvalue weighted by Crippen LogP contribution is 2.28. The van der Waals surface area contributed by atoms with Crippen LogP contribution in [0.4, 0.5) is 5.69 Å². The van der Waals surface area contributed by atoms with Crippen molar-refractivity contribution in [2.75, 3.05) is 13.2 Å². The van der Waals surface area contributed by atoms with Crippen LogP contribution in [0, 0.1) is 17.0 Å². The third-order valence-electron chi connectivity index (χ3n) is 3.17. The molecule has 5 N–H and O–H groups in total. The highest BCUT2D eigenvalue weighted by atomic mass is 16.7. The second-order valence-electron chi connectivity index (χ2n) is 4.87. The molecular weight excluding hydrogens is 298 g/mol. The summed E-state index contributed by atoms with van der Waals surface area (Å²) in [6.07, 6.45) is -4.04. The lowest BCUT2D eigenvalue weighted by molar-refractivity contribution is -0.384. The summed E-state index contributed by atoms with van der Waals surface area (Å²) in [6.45, 7) is 0.534. The maximum atomic E-state index is 10.1. The number of aliphatic hydroxyl groups is 5. The average Bonchev–Trinajstić information content (AvgIpc) is 2.73. The lowest BCUT2D eigenvalue weighted by atomic mass is 10.1. The fourth-order valence-corrected chi connectivity index (χ4v) is 1.81. The molecule has 1 heterocycles. The maximum Gasteiger partial charge on any atom is 0.269 e. The van der Waals surface area contributed by atoms with Crippen LogP contribution in [0.15, 0.2) is 24.3 Å². The highest BCUT2D eigenvalue weighted by Gasteiger charge is 2.52. The van der Waals surface area contributed by atoms with Gasteiger partial charge in [-0.25, -0.2) is 0 Å². The van der Waals surface area contributed by atoms with Gasteiger partial charge in [0, 0.05) is 12.1 Å². The molecule has 9 heteroatoms. The molecule has 1 aromatic rings. The maximum absolute atomic E-state index is 10.1. The van der Waals surface area contributed by atoms with E-state index in [4.69, 9.17) is 20.4 Å². The van der Waals surface area contributed by atoms with Gasteiger partial charge in [0.2, 0.25) is 5.79 Å². The summed E-state index contributed by atoms with van der Waals surface area (Å²) < 4.78 is 4.63. The molecule has 0 aromatic heterocycles. The number of rotatable bonds is 3. The van der Waals surface area contributed by atoms with E-state index in [2.05, 4.69) is 4.74 Å². The molecule has 0 bridgehead atoms. The first-order chi connectivity index (χ1) is 10.2. The van der Waals surface area contributed by atoms with E-state index in [0.717, 1.165) is 5.56 Å². The van der Waals surface area contributed by atoms with Gasteiger partial charge in [-0.2, -0.15) is 0 Å². The van der Waals surface area contributed by atoms with Crippen LogP contribution in [0.3, 0.4) is 0 Å². The predicted molar refractivity (Wildman–Crippen MR) is 73.8 cm³/mol. The summed E-state index contributed by atoms with van der Waals surface area (Å²) >= 11 is 0. The number of benzene rings is 1. The quantitative estimate of drug-likeness (QED) is 0.340. The van der Waals surface area contributed by atoms with Crippen molar-refractivity contribution in [2.24, 2.45) is 0 Å². The minimum atomic E-state index is -2.16. The molecule has 2 rings (SSSR count). The Kier molecular flexibility index (Phi) is 6.35. The molecule has 1 saturated heterocycles. The van der Waals surface area contributed by atoms with E-state index in [0.29, 0.717) is 0 Å². The van der Waals surface area contributed by atoms with Gasteiger partial charge >= 0.3 is 0 Å². The molecule has 0 amide bonds. The Morgan fingerprint density at radius 1 is 1.27 bits per heavy atom. The second kappa shape index (κ2) is 7.58. The van der Waals surface area contributed by atoms with Crippen LogP contribution < -0.4 is 0 Å². The van der Waals surface area contributed by atoms with Crippen molar-refractivity contribution in [1.29, 1.82) is 0 Å². The Morgan fingerprint density at radius 2 is 1.82 bits per heavy atom. The Morgan fingerprint density at radius 3 is 2.14 bits per heavy atom. The van der Waals surface area contributed by atoms with Crippen molar-refractivity contribution in [3.8, 4) is 0 Å². The van der Waals surface area contributed by atoms with Crippen molar-refractivity contribution >= 4 is 5.69 Å². The molecule has 4 atom stereocenters. The normalized spacial score (nSPS) is 30.5. The zero-order chi connectivity index (χ0) is 16.9. The molecule has 1 aliphatic rings. The number of ether oxygens (including phenoxy) is 1. The molecule has 0 aliphatic carbocycles. The number of aryl methyl sites for hydroxylation is 1. The fraction of sp³-hybridized carbons (Fsp3) is 0.538. The van der Waals surface area contributed by atoms with Gasteiger partial charge in [-0.3, -0.25) is 10.1 Å². The number of hydrogen-bond donors (Lipinski definition) is 5. The van der Waals surface area contributed by atoms with Gasteiger partial charge in [-0.15, -0.1) is 0 Å². The molecule has 0 saturated carbocycles. The van der Waals surface area contributed by atoms with E-state index in [1.54, 1.807) is 12.1 Å². The Bertz CT molecular complexity index is 493. The van der Waals surface area contributed by atoms with E-state index in [9.17, 15) is 15.2 Å². The van der Waals surface area contributed by atoms with Crippen LogP contribution in [0.25, 0.3) is 0 Å². The Labute approximate surface area is 126 Å². The van der Waals surface area contributed by atoms with E-state index in [1.807, 2.05) is 6.92 Å².